The number of ketones is 1. The zero-order valence-corrected chi connectivity index (χ0v) is 13.3. The molecule has 1 aromatic heterocycles. The average molecular weight is 317 g/mol. The molecule has 2 aromatic carbocycles. The molecule has 0 aliphatic carbocycles. The Morgan fingerprint density at radius 2 is 1.88 bits per heavy atom. The summed E-state index contributed by atoms with van der Waals surface area (Å²) in [6, 6.07) is 14.2. The Bertz CT molecular complexity index is 1020. The zero-order valence-electron chi connectivity index (χ0n) is 13.3. The van der Waals surface area contributed by atoms with Gasteiger partial charge < -0.3 is 9.52 Å². The van der Waals surface area contributed by atoms with Crippen molar-refractivity contribution in [3.8, 4) is 11.8 Å². The smallest absolute Gasteiger partial charge is 0.207 e. The Kier molecular flexibility index (Phi) is 3.93. The molecule has 0 atom stereocenters. The van der Waals surface area contributed by atoms with E-state index in [2.05, 4.69) is 0 Å². The number of nitriles is 1. The summed E-state index contributed by atoms with van der Waals surface area (Å²) in [5, 5.41) is 20.8. The van der Waals surface area contributed by atoms with Crippen molar-refractivity contribution in [1.29, 1.82) is 5.26 Å². The van der Waals surface area contributed by atoms with Crippen LogP contribution in [-0.2, 0) is 0 Å². The number of furan rings is 1. The second-order valence-electron chi connectivity index (χ2n) is 5.55. The number of phenols is 1. The van der Waals surface area contributed by atoms with Crippen molar-refractivity contribution in [2.75, 3.05) is 0 Å². The van der Waals surface area contributed by atoms with Crippen molar-refractivity contribution < 1.29 is 14.3 Å². The number of rotatable bonds is 3. The summed E-state index contributed by atoms with van der Waals surface area (Å²) in [5.74, 6) is 0.912. The number of aryl methyl sites for hydroxylation is 2. The van der Waals surface area contributed by atoms with E-state index in [1.165, 1.54) is 0 Å². The molecule has 0 spiro atoms. The molecule has 0 radical (unpaired) electrons. The van der Waals surface area contributed by atoms with E-state index >= 15 is 0 Å². The van der Waals surface area contributed by atoms with Crippen LogP contribution in [0.25, 0.3) is 16.8 Å². The lowest BCUT2D eigenvalue weighted by molar-refractivity contribution is 0.103. The number of carbonyl (C=O) groups excluding carboxylic acids is 1. The van der Waals surface area contributed by atoms with Crippen LogP contribution < -0.4 is 0 Å². The number of aromatic hydroxyl groups is 1. The number of Topliss-reactive ketones (excluding diaryl/α,β-unsaturated/α-hetero) is 1. The molecule has 1 heterocycles. The number of carbonyl (C=O) groups is 1. The van der Waals surface area contributed by atoms with Crippen molar-refractivity contribution in [1.82, 2.24) is 0 Å². The van der Waals surface area contributed by atoms with Gasteiger partial charge in [-0.2, -0.15) is 5.26 Å². The molecule has 4 nitrogen and oxygen atoms in total. The van der Waals surface area contributed by atoms with Crippen LogP contribution in [0.1, 0.15) is 27.4 Å². The number of benzene rings is 2. The van der Waals surface area contributed by atoms with Gasteiger partial charge in [-0.1, -0.05) is 30.3 Å². The summed E-state index contributed by atoms with van der Waals surface area (Å²) in [4.78, 5) is 12.6. The highest BCUT2D eigenvalue weighted by molar-refractivity contribution is 6.15. The van der Waals surface area contributed by atoms with Gasteiger partial charge in [0.2, 0.25) is 5.78 Å². The number of hydrogen-bond acceptors (Lipinski definition) is 4. The van der Waals surface area contributed by atoms with E-state index < -0.39 is 0 Å². The van der Waals surface area contributed by atoms with Gasteiger partial charge in [0, 0.05) is 5.39 Å². The SMILES string of the molecule is Cc1cc(C(=O)C(C#N)=Cc2ccc(O)c3ccccc23)c(C)o1. The molecule has 118 valence electrons. The maximum atomic E-state index is 12.6. The molecular formula is C20H15NO3. The normalized spacial score (nSPS) is 11.5. The molecule has 0 saturated heterocycles. The molecule has 4 heteroatoms. The van der Waals surface area contributed by atoms with E-state index in [0.29, 0.717) is 28.0 Å². The monoisotopic (exact) mass is 317 g/mol. The molecular weight excluding hydrogens is 302 g/mol. The van der Waals surface area contributed by atoms with Crippen LogP contribution in [0, 0.1) is 25.2 Å². The summed E-state index contributed by atoms with van der Waals surface area (Å²) in [6.07, 6.45) is 1.55. The minimum atomic E-state index is -0.371. The third-order valence-corrected chi connectivity index (χ3v) is 3.89. The number of allylic oxidation sites excluding steroid dienone is 1. The summed E-state index contributed by atoms with van der Waals surface area (Å²) < 4.78 is 5.38. The van der Waals surface area contributed by atoms with Crippen LogP contribution in [0.15, 0.2) is 52.5 Å². The second-order valence-corrected chi connectivity index (χ2v) is 5.55. The predicted molar refractivity (Wildman–Crippen MR) is 91.7 cm³/mol. The summed E-state index contributed by atoms with van der Waals surface area (Å²) in [5.41, 5.74) is 1.12. The molecule has 0 aliphatic rings. The Morgan fingerprint density at radius 3 is 2.50 bits per heavy atom. The van der Waals surface area contributed by atoms with Gasteiger partial charge in [-0.25, -0.2) is 0 Å². The first-order chi connectivity index (χ1) is 11.5. The fraction of sp³-hybridized carbons (Fsp3) is 0.100. The van der Waals surface area contributed by atoms with Gasteiger partial charge in [0.15, 0.2) is 0 Å². The maximum Gasteiger partial charge on any atom is 0.207 e. The van der Waals surface area contributed by atoms with E-state index in [0.717, 1.165) is 5.39 Å². The number of nitrogens with zero attached hydrogens (tertiary/aromatic N) is 1. The van der Waals surface area contributed by atoms with Crippen molar-refractivity contribution in [2.24, 2.45) is 0 Å². The zero-order chi connectivity index (χ0) is 17.3. The van der Waals surface area contributed by atoms with Crippen LogP contribution in [0.5, 0.6) is 5.75 Å². The molecule has 24 heavy (non-hydrogen) atoms. The highest BCUT2D eigenvalue weighted by Crippen LogP contribution is 2.29. The highest BCUT2D eigenvalue weighted by atomic mass is 16.3. The lowest BCUT2D eigenvalue weighted by Crippen LogP contribution is -2.02. The Balaban J connectivity index is 2.13. The Morgan fingerprint density at radius 1 is 1.17 bits per heavy atom. The average Bonchev–Trinajstić information content (AvgIpc) is 2.92. The predicted octanol–water partition coefficient (Wildman–Crippen LogP) is 4.55. The Labute approximate surface area is 139 Å². The van der Waals surface area contributed by atoms with Gasteiger partial charge in [-0.05, 0) is 43.0 Å². The van der Waals surface area contributed by atoms with Crippen molar-refractivity contribution in [3.63, 3.8) is 0 Å². The van der Waals surface area contributed by atoms with Crippen LogP contribution >= 0.6 is 0 Å². The van der Waals surface area contributed by atoms with Crippen LogP contribution in [0.2, 0.25) is 0 Å². The van der Waals surface area contributed by atoms with Crippen molar-refractivity contribution in [2.45, 2.75) is 13.8 Å². The van der Waals surface area contributed by atoms with Crippen molar-refractivity contribution >= 4 is 22.6 Å². The molecule has 0 saturated carbocycles. The van der Waals surface area contributed by atoms with E-state index in [4.69, 9.17) is 4.42 Å². The van der Waals surface area contributed by atoms with E-state index in [1.54, 1.807) is 44.2 Å². The second kappa shape index (κ2) is 6.05. The highest BCUT2D eigenvalue weighted by Gasteiger charge is 2.18. The van der Waals surface area contributed by atoms with Crippen LogP contribution in [0.4, 0.5) is 0 Å². The van der Waals surface area contributed by atoms with Gasteiger partial charge in [0.05, 0.1) is 5.56 Å². The quantitative estimate of drug-likeness (QED) is 0.437. The summed E-state index contributed by atoms with van der Waals surface area (Å²) in [7, 11) is 0. The van der Waals surface area contributed by atoms with E-state index in [-0.39, 0.29) is 17.1 Å². The van der Waals surface area contributed by atoms with Gasteiger partial charge in [-0.15, -0.1) is 0 Å². The molecule has 3 rings (SSSR count). The molecule has 0 bridgehead atoms. The van der Waals surface area contributed by atoms with Gasteiger partial charge in [0.1, 0.15) is 28.9 Å². The van der Waals surface area contributed by atoms with Crippen molar-refractivity contribution in [3.05, 3.63) is 70.7 Å². The summed E-state index contributed by atoms with van der Waals surface area (Å²) in [6.45, 7) is 3.46. The topological polar surface area (TPSA) is 74.2 Å². The van der Waals surface area contributed by atoms with Gasteiger partial charge >= 0.3 is 0 Å². The van der Waals surface area contributed by atoms with Crippen LogP contribution in [0.3, 0.4) is 0 Å². The molecule has 0 unspecified atom stereocenters. The molecule has 3 aromatic rings. The summed E-state index contributed by atoms with van der Waals surface area (Å²) >= 11 is 0. The van der Waals surface area contributed by atoms with Gasteiger partial charge in [0.25, 0.3) is 0 Å². The van der Waals surface area contributed by atoms with Gasteiger partial charge in [-0.3, -0.25) is 4.79 Å². The molecule has 0 amide bonds. The lowest BCUT2D eigenvalue weighted by Gasteiger charge is -2.05. The molecule has 1 N–H and O–H groups in total. The number of fused-ring (bicyclic) bond motifs is 1. The van der Waals surface area contributed by atoms with E-state index in [1.807, 2.05) is 24.3 Å². The first-order valence-corrected chi connectivity index (χ1v) is 7.45. The standard InChI is InChI=1S/C20H15NO3/c1-12-9-18(13(2)24-12)20(23)15(11-21)10-14-7-8-19(22)17-6-4-3-5-16(14)17/h3-10,22H,1-2H3. The number of phenolic OH excluding ortho intramolecular Hbond substituents is 1. The molecule has 0 fully saturated rings. The molecule has 0 aliphatic heterocycles. The fourth-order valence-corrected chi connectivity index (χ4v) is 2.74. The lowest BCUT2D eigenvalue weighted by atomic mass is 9.98. The first-order valence-electron chi connectivity index (χ1n) is 7.45. The Hall–Kier alpha value is -3.32. The third-order valence-electron chi connectivity index (χ3n) is 3.89. The minimum absolute atomic E-state index is 0.0229. The third kappa shape index (κ3) is 2.68. The van der Waals surface area contributed by atoms with E-state index in [9.17, 15) is 15.2 Å². The minimum Gasteiger partial charge on any atom is -0.507 e. The fourth-order valence-electron chi connectivity index (χ4n) is 2.74. The maximum absolute atomic E-state index is 12.6. The largest absolute Gasteiger partial charge is 0.507 e. The first kappa shape index (κ1) is 15.6. The number of hydrogen-bond donors (Lipinski definition) is 1. The van der Waals surface area contributed by atoms with Crippen LogP contribution in [-0.4, -0.2) is 10.9 Å².